The van der Waals surface area contributed by atoms with Crippen LogP contribution in [0.1, 0.15) is 31.2 Å². The number of nitrogen functional groups attached to an aromatic ring is 1. The monoisotopic (exact) mass is 346 g/mol. The summed E-state index contributed by atoms with van der Waals surface area (Å²) in [5, 5.41) is 0. The van der Waals surface area contributed by atoms with Crippen molar-refractivity contribution in [2.45, 2.75) is 42.4 Å². The molecule has 1 aliphatic rings. The van der Waals surface area contributed by atoms with Gasteiger partial charge in [0.1, 0.15) is 10.7 Å². The van der Waals surface area contributed by atoms with Crippen molar-refractivity contribution in [3.8, 4) is 0 Å². The van der Waals surface area contributed by atoms with Gasteiger partial charge in [0.15, 0.2) is 0 Å². The van der Waals surface area contributed by atoms with E-state index in [1.807, 2.05) is 13.0 Å². The fraction of sp³-hybridized carbons (Fsp3) is 0.412. The first-order chi connectivity index (χ1) is 11.5. The Morgan fingerprint density at radius 1 is 1.12 bits per heavy atom. The molecule has 1 fully saturated rings. The summed E-state index contributed by atoms with van der Waals surface area (Å²) < 4.78 is 25.6. The Kier molecular flexibility index (Phi) is 4.71. The number of anilines is 2. The van der Waals surface area contributed by atoms with Crippen LogP contribution in [0.4, 0.5) is 11.8 Å². The van der Waals surface area contributed by atoms with E-state index in [2.05, 4.69) is 14.9 Å². The molecule has 0 radical (unpaired) electrons. The van der Waals surface area contributed by atoms with E-state index in [1.54, 1.807) is 18.2 Å². The Morgan fingerprint density at radius 2 is 1.83 bits per heavy atom. The summed E-state index contributed by atoms with van der Waals surface area (Å²) in [6, 6.07) is 6.74. The molecule has 0 saturated carbocycles. The van der Waals surface area contributed by atoms with Gasteiger partial charge in [0, 0.05) is 13.1 Å². The minimum Gasteiger partial charge on any atom is -0.382 e. The van der Waals surface area contributed by atoms with Crippen LogP contribution >= 0.6 is 0 Å². The van der Waals surface area contributed by atoms with Crippen molar-refractivity contribution in [3.63, 3.8) is 0 Å². The average Bonchev–Trinajstić information content (AvgIpc) is 2.84. The van der Waals surface area contributed by atoms with Crippen molar-refractivity contribution in [2.24, 2.45) is 0 Å². The SMILES string of the molecule is Cc1cccc(S(=O)(=O)c2cnc(N3CCCCCC3)nc2N)c1. The standard InChI is InChI=1S/C17H22N4O2S/c1-13-7-6-8-14(11-13)24(22,23)15-12-19-17(20-16(15)18)21-9-4-2-3-5-10-21/h6-8,11-12H,2-5,9-10H2,1H3,(H2,18,19,20). The molecule has 6 nitrogen and oxygen atoms in total. The van der Waals surface area contributed by atoms with E-state index in [9.17, 15) is 8.42 Å². The lowest BCUT2D eigenvalue weighted by Gasteiger charge is -2.20. The largest absolute Gasteiger partial charge is 0.382 e. The van der Waals surface area contributed by atoms with Gasteiger partial charge in [-0.2, -0.15) is 4.98 Å². The van der Waals surface area contributed by atoms with Crippen molar-refractivity contribution < 1.29 is 8.42 Å². The van der Waals surface area contributed by atoms with Gasteiger partial charge in [0.2, 0.25) is 15.8 Å². The smallest absolute Gasteiger partial charge is 0.227 e. The van der Waals surface area contributed by atoms with Crippen LogP contribution < -0.4 is 10.6 Å². The number of sulfone groups is 1. The number of rotatable bonds is 3. The number of aromatic nitrogens is 2. The summed E-state index contributed by atoms with van der Waals surface area (Å²) >= 11 is 0. The van der Waals surface area contributed by atoms with Crippen molar-refractivity contribution in [1.29, 1.82) is 0 Å². The first-order valence-electron chi connectivity index (χ1n) is 8.18. The van der Waals surface area contributed by atoms with E-state index in [0.717, 1.165) is 31.5 Å². The maximum absolute atomic E-state index is 12.8. The molecule has 24 heavy (non-hydrogen) atoms. The van der Waals surface area contributed by atoms with Crippen molar-refractivity contribution >= 4 is 21.6 Å². The highest BCUT2D eigenvalue weighted by Crippen LogP contribution is 2.26. The van der Waals surface area contributed by atoms with E-state index in [1.165, 1.54) is 19.0 Å². The molecule has 0 bridgehead atoms. The van der Waals surface area contributed by atoms with Crippen LogP contribution in [-0.4, -0.2) is 31.5 Å². The molecule has 0 spiro atoms. The molecule has 0 amide bonds. The van der Waals surface area contributed by atoms with Gasteiger partial charge in [-0.25, -0.2) is 13.4 Å². The number of hydrogen-bond donors (Lipinski definition) is 1. The van der Waals surface area contributed by atoms with Crippen LogP contribution in [0.5, 0.6) is 0 Å². The van der Waals surface area contributed by atoms with Crippen molar-refractivity contribution in [3.05, 3.63) is 36.0 Å². The second-order valence-electron chi connectivity index (χ2n) is 6.14. The third kappa shape index (κ3) is 3.36. The Hall–Kier alpha value is -2.15. The van der Waals surface area contributed by atoms with Gasteiger partial charge in [-0.15, -0.1) is 0 Å². The molecule has 1 aromatic heterocycles. The van der Waals surface area contributed by atoms with Gasteiger partial charge in [0.25, 0.3) is 0 Å². The lowest BCUT2D eigenvalue weighted by atomic mass is 10.2. The average molecular weight is 346 g/mol. The van der Waals surface area contributed by atoms with Crippen LogP contribution in [0.15, 0.2) is 40.3 Å². The lowest BCUT2D eigenvalue weighted by molar-refractivity contribution is 0.595. The summed E-state index contributed by atoms with van der Waals surface area (Å²) in [4.78, 5) is 10.8. The van der Waals surface area contributed by atoms with Crippen LogP contribution in [0.3, 0.4) is 0 Å². The highest BCUT2D eigenvalue weighted by atomic mass is 32.2. The fourth-order valence-corrected chi connectivity index (χ4v) is 4.28. The van der Waals surface area contributed by atoms with Crippen molar-refractivity contribution in [1.82, 2.24) is 9.97 Å². The summed E-state index contributed by atoms with van der Waals surface area (Å²) in [6.07, 6.45) is 5.91. The number of benzene rings is 1. The van der Waals surface area contributed by atoms with E-state index < -0.39 is 9.84 Å². The molecule has 0 atom stereocenters. The Labute approximate surface area is 142 Å². The minimum atomic E-state index is -3.72. The van der Waals surface area contributed by atoms with E-state index >= 15 is 0 Å². The zero-order chi connectivity index (χ0) is 17.2. The molecule has 1 aliphatic heterocycles. The van der Waals surface area contributed by atoms with E-state index in [-0.39, 0.29) is 15.6 Å². The van der Waals surface area contributed by atoms with Crippen LogP contribution in [0.2, 0.25) is 0 Å². The first-order valence-corrected chi connectivity index (χ1v) is 9.66. The summed E-state index contributed by atoms with van der Waals surface area (Å²) in [5.74, 6) is 0.517. The number of nitrogens with zero attached hydrogens (tertiary/aromatic N) is 3. The zero-order valence-electron chi connectivity index (χ0n) is 13.8. The quantitative estimate of drug-likeness (QED) is 0.919. The number of hydrogen-bond acceptors (Lipinski definition) is 6. The maximum atomic E-state index is 12.8. The third-order valence-corrected chi connectivity index (χ3v) is 6.02. The molecule has 3 rings (SSSR count). The summed E-state index contributed by atoms with van der Waals surface area (Å²) in [7, 11) is -3.72. The summed E-state index contributed by atoms with van der Waals surface area (Å²) in [5.41, 5.74) is 6.84. The fourth-order valence-electron chi connectivity index (χ4n) is 2.91. The highest BCUT2D eigenvalue weighted by molar-refractivity contribution is 7.91. The molecule has 2 heterocycles. The van der Waals surface area contributed by atoms with Gasteiger partial charge in [-0.05, 0) is 37.5 Å². The topological polar surface area (TPSA) is 89.2 Å². The second kappa shape index (κ2) is 6.76. The first kappa shape index (κ1) is 16.7. The third-order valence-electron chi connectivity index (χ3n) is 4.25. The van der Waals surface area contributed by atoms with Crippen LogP contribution in [0, 0.1) is 6.92 Å². The van der Waals surface area contributed by atoms with E-state index in [4.69, 9.17) is 5.73 Å². The lowest BCUT2D eigenvalue weighted by Crippen LogP contribution is -2.26. The minimum absolute atomic E-state index is 0.00533. The molecule has 7 heteroatoms. The van der Waals surface area contributed by atoms with Gasteiger partial charge in [-0.3, -0.25) is 0 Å². The van der Waals surface area contributed by atoms with Crippen LogP contribution in [-0.2, 0) is 9.84 Å². The van der Waals surface area contributed by atoms with Crippen LogP contribution in [0.25, 0.3) is 0 Å². The van der Waals surface area contributed by atoms with E-state index in [0.29, 0.717) is 5.95 Å². The Balaban J connectivity index is 1.94. The Bertz CT molecular complexity index is 828. The van der Waals surface area contributed by atoms with Gasteiger partial charge < -0.3 is 10.6 Å². The molecule has 1 aromatic carbocycles. The zero-order valence-corrected chi connectivity index (χ0v) is 14.6. The van der Waals surface area contributed by atoms with Gasteiger partial charge >= 0.3 is 0 Å². The molecule has 0 aliphatic carbocycles. The second-order valence-corrected chi connectivity index (χ2v) is 8.06. The maximum Gasteiger partial charge on any atom is 0.227 e. The molecule has 2 N–H and O–H groups in total. The molecule has 0 unspecified atom stereocenters. The normalized spacial score (nSPS) is 16.0. The van der Waals surface area contributed by atoms with Crippen molar-refractivity contribution in [2.75, 3.05) is 23.7 Å². The number of aryl methyl sites for hydroxylation is 1. The molecular formula is C17H22N4O2S. The predicted octanol–water partition coefficient (Wildman–Crippen LogP) is 2.58. The predicted molar refractivity (Wildman–Crippen MR) is 93.8 cm³/mol. The van der Waals surface area contributed by atoms with Gasteiger partial charge in [0.05, 0.1) is 11.1 Å². The number of nitrogens with two attached hydrogens (primary N) is 1. The molecule has 128 valence electrons. The highest BCUT2D eigenvalue weighted by Gasteiger charge is 2.23. The molecular weight excluding hydrogens is 324 g/mol. The summed E-state index contributed by atoms with van der Waals surface area (Å²) in [6.45, 7) is 3.61. The molecule has 2 aromatic rings. The molecule has 1 saturated heterocycles. The Morgan fingerprint density at radius 3 is 2.46 bits per heavy atom. The van der Waals surface area contributed by atoms with Gasteiger partial charge in [-0.1, -0.05) is 25.0 Å².